The van der Waals surface area contributed by atoms with Crippen molar-refractivity contribution in [3.63, 3.8) is 0 Å². The number of pyridine rings is 1. The lowest BCUT2D eigenvalue weighted by Gasteiger charge is -2.19. The molecule has 2 amide bonds. The van der Waals surface area contributed by atoms with E-state index in [0.717, 1.165) is 16.7 Å². The van der Waals surface area contributed by atoms with Gasteiger partial charge in [0.05, 0.1) is 12.3 Å². The standard InChI is InChI=1S/C19H22ClN3O3/c1-6-26-18-16(22-12(3)24)9-14(20)11(2)17(18)13-7-8-15(21-10-13)19(25)23(4)5/h7-10H,6H2,1-5H3,(H,22,24). The molecule has 0 radical (unpaired) electrons. The number of nitrogens with zero attached hydrogens (tertiary/aromatic N) is 2. The highest BCUT2D eigenvalue weighted by atomic mass is 35.5. The van der Waals surface area contributed by atoms with Crippen LogP contribution in [-0.2, 0) is 4.79 Å². The van der Waals surface area contributed by atoms with Gasteiger partial charge >= 0.3 is 0 Å². The molecular weight excluding hydrogens is 354 g/mol. The summed E-state index contributed by atoms with van der Waals surface area (Å²) in [7, 11) is 3.35. The number of aromatic nitrogens is 1. The molecule has 2 aromatic rings. The molecule has 0 saturated carbocycles. The van der Waals surface area contributed by atoms with Gasteiger partial charge in [0.1, 0.15) is 5.69 Å². The number of anilines is 1. The molecule has 1 heterocycles. The molecule has 0 bridgehead atoms. The van der Waals surface area contributed by atoms with E-state index in [4.69, 9.17) is 16.3 Å². The van der Waals surface area contributed by atoms with Crippen molar-refractivity contribution in [2.75, 3.05) is 26.0 Å². The van der Waals surface area contributed by atoms with E-state index in [2.05, 4.69) is 10.3 Å². The summed E-state index contributed by atoms with van der Waals surface area (Å²) in [6.07, 6.45) is 1.61. The summed E-state index contributed by atoms with van der Waals surface area (Å²) in [6.45, 7) is 5.58. The van der Waals surface area contributed by atoms with Gasteiger partial charge in [-0.25, -0.2) is 0 Å². The minimum atomic E-state index is -0.220. The van der Waals surface area contributed by atoms with E-state index in [9.17, 15) is 9.59 Å². The molecule has 0 fully saturated rings. The number of rotatable bonds is 5. The molecule has 7 heteroatoms. The Hall–Kier alpha value is -2.60. The second-order valence-electron chi connectivity index (χ2n) is 5.98. The average molecular weight is 376 g/mol. The van der Waals surface area contributed by atoms with Crippen LogP contribution in [0.25, 0.3) is 11.1 Å². The summed E-state index contributed by atoms with van der Waals surface area (Å²) < 4.78 is 5.80. The van der Waals surface area contributed by atoms with Crippen LogP contribution in [0.4, 0.5) is 5.69 Å². The molecule has 26 heavy (non-hydrogen) atoms. The third kappa shape index (κ3) is 4.14. The SMILES string of the molecule is CCOc1c(NC(C)=O)cc(Cl)c(C)c1-c1ccc(C(=O)N(C)C)nc1. The summed E-state index contributed by atoms with van der Waals surface area (Å²) in [6, 6.07) is 5.12. The number of benzene rings is 1. The van der Waals surface area contributed by atoms with Crippen molar-refractivity contribution >= 4 is 29.1 Å². The normalized spacial score (nSPS) is 10.4. The molecule has 0 atom stereocenters. The van der Waals surface area contributed by atoms with Crippen molar-refractivity contribution in [2.24, 2.45) is 0 Å². The van der Waals surface area contributed by atoms with Gasteiger partial charge in [-0.3, -0.25) is 14.6 Å². The highest BCUT2D eigenvalue weighted by Gasteiger charge is 2.19. The summed E-state index contributed by atoms with van der Waals surface area (Å²) in [5, 5.41) is 3.25. The third-order valence-corrected chi connectivity index (χ3v) is 4.15. The molecule has 2 rings (SSSR count). The number of amides is 2. The van der Waals surface area contributed by atoms with E-state index in [-0.39, 0.29) is 11.8 Å². The molecule has 0 aliphatic rings. The Bertz CT molecular complexity index is 833. The van der Waals surface area contributed by atoms with E-state index in [1.807, 2.05) is 13.8 Å². The number of hydrogen-bond donors (Lipinski definition) is 1. The monoisotopic (exact) mass is 375 g/mol. The number of carbonyl (C=O) groups is 2. The Morgan fingerprint density at radius 2 is 2.00 bits per heavy atom. The summed E-state index contributed by atoms with van der Waals surface area (Å²) in [4.78, 5) is 29.3. The topological polar surface area (TPSA) is 71.5 Å². The van der Waals surface area contributed by atoms with Crippen molar-refractivity contribution in [1.29, 1.82) is 0 Å². The lowest BCUT2D eigenvalue weighted by Crippen LogP contribution is -2.22. The fourth-order valence-electron chi connectivity index (χ4n) is 2.55. The van der Waals surface area contributed by atoms with Crippen LogP contribution in [0, 0.1) is 6.92 Å². The van der Waals surface area contributed by atoms with Gasteiger partial charge in [0, 0.05) is 43.4 Å². The van der Waals surface area contributed by atoms with E-state index in [1.54, 1.807) is 38.5 Å². The van der Waals surface area contributed by atoms with E-state index >= 15 is 0 Å². The number of ether oxygens (including phenoxy) is 1. The maximum Gasteiger partial charge on any atom is 0.271 e. The first-order valence-electron chi connectivity index (χ1n) is 8.17. The Kier molecular flexibility index (Phi) is 6.21. The van der Waals surface area contributed by atoms with Gasteiger partial charge in [-0.05, 0) is 31.5 Å². The zero-order chi connectivity index (χ0) is 19.4. The quantitative estimate of drug-likeness (QED) is 0.863. The van der Waals surface area contributed by atoms with Crippen LogP contribution >= 0.6 is 11.6 Å². The van der Waals surface area contributed by atoms with E-state index in [0.29, 0.717) is 28.8 Å². The fourth-order valence-corrected chi connectivity index (χ4v) is 2.75. The first-order valence-corrected chi connectivity index (χ1v) is 8.55. The van der Waals surface area contributed by atoms with Crippen molar-refractivity contribution in [1.82, 2.24) is 9.88 Å². The van der Waals surface area contributed by atoms with Crippen LogP contribution in [0.5, 0.6) is 5.75 Å². The van der Waals surface area contributed by atoms with Crippen LogP contribution in [0.2, 0.25) is 5.02 Å². The zero-order valence-electron chi connectivity index (χ0n) is 15.5. The largest absolute Gasteiger partial charge is 0.491 e. The maximum absolute atomic E-state index is 12.0. The van der Waals surface area contributed by atoms with Crippen molar-refractivity contribution in [3.8, 4) is 16.9 Å². The third-order valence-electron chi connectivity index (χ3n) is 3.75. The van der Waals surface area contributed by atoms with Gasteiger partial charge < -0.3 is 15.0 Å². The Morgan fingerprint density at radius 1 is 1.31 bits per heavy atom. The van der Waals surface area contributed by atoms with Gasteiger partial charge in [0.2, 0.25) is 5.91 Å². The molecule has 0 aliphatic carbocycles. The summed E-state index contributed by atoms with van der Waals surface area (Å²) >= 11 is 6.36. The molecule has 0 aliphatic heterocycles. The lowest BCUT2D eigenvalue weighted by atomic mass is 9.99. The Morgan fingerprint density at radius 3 is 2.50 bits per heavy atom. The lowest BCUT2D eigenvalue weighted by molar-refractivity contribution is -0.114. The minimum Gasteiger partial charge on any atom is -0.491 e. The number of carbonyl (C=O) groups excluding carboxylic acids is 2. The smallest absolute Gasteiger partial charge is 0.271 e. The van der Waals surface area contributed by atoms with Crippen molar-refractivity contribution in [2.45, 2.75) is 20.8 Å². The van der Waals surface area contributed by atoms with Gasteiger partial charge in [-0.2, -0.15) is 0 Å². The van der Waals surface area contributed by atoms with E-state index in [1.165, 1.54) is 11.8 Å². The van der Waals surface area contributed by atoms with E-state index < -0.39 is 0 Å². The van der Waals surface area contributed by atoms with Gasteiger partial charge in [0.25, 0.3) is 5.91 Å². The van der Waals surface area contributed by atoms with Gasteiger partial charge in [-0.15, -0.1) is 0 Å². The van der Waals surface area contributed by atoms with Crippen LogP contribution in [0.1, 0.15) is 29.9 Å². The molecule has 0 saturated heterocycles. The van der Waals surface area contributed by atoms with Crippen molar-refractivity contribution in [3.05, 3.63) is 40.7 Å². The first-order chi connectivity index (χ1) is 12.3. The molecule has 1 aromatic heterocycles. The number of nitrogens with one attached hydrogen (secondary N) is 1. The second-order valence-corrected chi connectivity index (χ2v) is 6.39. The average Bonchev–Trinajstić information content (AvgIpc) is 2.59. The molecule has 1 aromatic carbocycles. The minimum absolute atomic E-state index is 0.177. The highest BCUT2D eigenvalue weighted by Crippen LogP contribution is 2.42. The van der Waals surface area contributed by atoms with Gasteiger partial charge in [-0.1, -0.05) is 17.7 Å². The predicted octanol–water partition coefficient (Wildman–Crippen LogP) is 3.77. The molecule has 6 nitrogen and oxygen atoms in total. The Balaban J connectivity index is 2.61. The molecule has 0 unspecified atom stereocenters. The van der Waals surface area contributed by atoms with Crippen LogP contribution in [0.3, 0.4) is 0 Å². The molecule has 0 spiro atoms. The van der Waals surface area contributed by atoms with Gasteiger partial charge in [0.15, 0.2) is 5.75 Å². The van der Waals surface area contributed by atoms with Crippen molar-refractivity contribution < 1.29 is 14.3 Å². The fraction of sp³-hybridized carbons (Fsp3) is 0.316. The zero-order valence-corrected chi connectivity index (χ0v) is 16.3. The molecular formula is C19H22ClN3O3. The molecule has 138 valence electrons. The van der Waals surface area contributed by atoms with Crippen LogP contribution in [0.15, 0.2) is 24.4 Å². The molecule has 1 N–H and O–H groups in total. The Labute approximate surface area is 158 Å². The predicted molar refractivity (Wildman–Crippen MR) is 103 cm³/mol. The first kappa shape index (κ1) is 19.7. The maximum atomic E-state index is 12.0. The number of halogens is 1. The summed E-state index contributed by atoms with van der Waals surface area (Å²) in [5.41, 5.74) is 3.13. The highest BCUT2D eigenvalue weighted by molar-refractivity contribution is 6.32. The second kappa shape index (κ2) is 8.19. The van der Waals surface area contributed by atoms with Crippen LogP contribution < -0.4 is 10.1 Å². The summed E-state index contributed by atoms with van der Waals surface area (Å²) in [5.74, 6) is 0.128. The van der Waals surface area contributed by atoms with Crippen LogP contribution in [-0.4, -0.2) is 42.4 Å². The number of hydrogen-bond acceptors (Lipinski definition) is 4.